The number of sulfone groups is 1. The summed E-state index contributed by atoms with van der Waals surface area (Å²) in [7, 11) is -3.00. The molecule has 0 spiro atoms. The van der Waals surface area contributed by atoms with Crippen molar-refractivity contribution in [1.82, 2.24) is 10.3 Å². The lowest BCUT2D eigenvalue weighted by molar-refractivity contribution is 0.0941. The van der Waals surface area contributed by atoms with Gasteiger partial charge in [0, 0.05) is 23.6 Å². The van der Waals surface area contributed by atoms with E-state index in [1.165, 1.54) is 6.20 Å². The van der Waals surface area contributed by atoms with Crippen molar-refractivity contribution in [3.63, 3.8) is 0 Å². The molecule has 2 heterocycles. The molecule has 1 atom stereocenters. The quantitative estimate of drug-likeness (QED) is 0.780. The van der Waals surface area contributed by atoms with Crippen molar-refractivity contribution in [2.75, 3.05) is 17.2 Å². The van der Waals surface area contributed by atoms with E-state index in [0.29, 0.717) is 12.1 Å². The van der Waals surface area contributed by atoms with Crippen molar-refractivity contribution in [2.24, 2.45) is 0 Å². The van der Waals surface area contributed by atoms with Gasteiger partial charge < -0.3 is 11.1 Å². The third-order valence-corrected chi connectivity index (χ3v) is 4.65. The topological polar surface area (TPSA) is 102 Å². The Morgan fingerprint density at radius 2 is 2.28 bits per heavy atom. The van der Waals surface area contributed by atoms with Crippen molar-refractivity contribution in [3.05, 3.63) is 23.5 Å². The number of hydrogen-bond donors (Lipinski definition) is 2. The molecule has 0 aromatic carbocycles. The Kier molecular flexibility index (Phi) is 3.25. The van der Waals surface area contributed by atoms with Gasteiger partial charge in [0.05, 0.1) is 17.1 Å². The van der Waals surface area contributed by atoms with E-state index >= 15 is 0 Å². The summed E-state index contributed by atoms with van der Waals surface area (Å²) in [5.74, 6) is -0.251. The highest BCUT2D eigenvalue weighted by Gasteiger charge is 2.29. The number of amides is 1. The number of nitrogens with one attached hydrogen (secondary N) is 1. The molecule has 0 bridgehead atoms. The number of pyridine rings is 1. The number of carbonyl (C=O) groups is 1. The fourth-order valence-electron chi connectivity index (χ4n) is 1.94. The number of nitrogens with zero attached hydrogens (tertiary/aromatic N) is 1. The summed E-state index contributed by atoms with van der Waals surface area (Å²) in [5.41, 5.74) is 7.09. The molecule has 6 nitrogen and oxygen atoms in total. The number of hydrogen-bond acceptors (Lipinski definition) is 5. The van der Waals surface area contributed by atoms with Crippen LogP contribution in [-0.2, 0) is 9.84 Å². The van der Waals surface area contributed by atoms with E-state index in [4.69, 9.17) is 5.73 Å². The van der Waals surface area contributed by atoms with Crippen molar-refractivity contribution in [3.8, 4) is 0 Å². The minimum absolute atomic E-state index is 0.00205. The van der Waals surface area contributed by atoms with Gasteiger partial charge in [0.15, 0.2) is 9.84 Å². The summed E-state index contributed by atoms with van der Waals surface area (Å²) >= 11 is 0. The molecule has 1 aliphatic heterocycles. The first-order chi connectivity index (χ1) is 8.37. The predicted octanol–water partition coefficient (Wildman–Crippen LogP) is -0.111. The van der Waals surface area contributed by atoms with Crippen molar-refractivity contribution in [1.29, 1.82) is 0 Å². The van der Waals surface area contributed by atoms with Gasteiger partial charge in [0.1, 0.15) is 0 Å². The van der Waals surface area contributed by atoms with E-state index in [1.54, 1.807) is 13.0 Å². The Bertz CT molecular complexity index is 583. The van der Waals surface area contributed by atoms with Crippen LogP contribution in [0.3, 0.4) is 0 Å². The fourth-order valence-corrected chi connectivity index (χ4v) is 3.62. The summed E-state index contributed by atoms with van der Waals surface area (Å²) in [6.45, 7) is 1.78. The van der Waals surface area contributed by atoms with E-state index < -0.39 is 9.84 Å². The minimum Gasteiger partial charge on any atom is -0.398 e. The Hall–Kier alpha value is -1.63. The van der Waals surface area contributed by atoms with Crippen LogP contribution in [0, 0.1) is 6.92 Å². The zero-order chi connectivity index (χ0) is 13.3. The molecule has 3 N–H and O–H groups in total. The second kappa shape index (κ2) is 4.56. The van der Waals surface area contributed by atoms with Crippen molar-refractivity contribution in [2.45, 2.75) is 19.4 Å². The minimum atomic E-state index is -3.00. The monoisotopic (exact) mass is 269 g/mol. The highest BCUT2D eigenvalue weighted by atomic mass is 32.2. The average molecular weight is 269 g/mol. The lowest BCUT2D eigenvalue weighted by Crippen LogP contribution is -2.36. The maximum Gasteiger partial charge on any atom is 0.255 e. The second-order valence-electron chi connectivity index (χ2n) is 4.49. The van der Waals surface area contributed by atoms with Crippen molar-refractivity contribution < 1.29 is 13.2 Å². The van der Waals surface area contributed by atoms with E-state index in [-0.39, 0.29) is 29.0 Å². The third-order valence-electron chi connectivity index (χ3n) is 2.88. The van der Waals surface area contributed by atoms with Crippen LogP contribution >= 0.6 is 0 Å². The number of nitrogens with two attached hydrogens (primary N) is 1. The van der Waals surface area contributed by atoms with E-state index in [2.05, 4.69) is 10.3 Å². The van der Waals surface area contributed by atoms with Gasteiger partial charge in [-0.15, -0.1) is 0 Å². The zero-order valence-electron chi connectivity index (χ0n) is 10.0. The Labute approximate surface area is 106 Å². The van der Waals surface area contributed by atoms with Crippen LogP contribution in [0.15, 0.2) is 12.3 Å². The highest BCUT2D eigenvalue weighted by Crippen LogP contribution is 2.15. The van der Waals surface area contributed by atoms with Gasteiger partial charge >= 0.3 is 0 Å². The molecule has 1 fully saturated rings. The molecule has 1 aromatic heterocycles. The van der Waals surface area contributed by atoms with Crippen LogP contribution in [0.25, 0.3) is 0 Å². The van der Waals surface area contributed by atoms with Gasteiger partial charge in [0.2, 0.25) is 0 Å². The van der Waals surface area contributed by atoms with Gasteiger partial charge in [-0.3, -0.25) is 9.78 Å². The van der Waals surface area contributed by atoms with Crippen LogP contribution in [0.1, 0.15) is 22.5 Å². The molecule has 1 aliphatic rings. The number of aryl methyl sites for hydroxylation is 1. The lowest BCUT2D eigenvalue weighted by atomic mass is 10.2. The highest BCUT2D eigenvalue weighted by molar-refractivity contribution is 7.91. The van der Waals surface area contributed by atoms with Crippen LogP contribution in [-0.4, -0.2) is 36.9 Å². The Morgan fingerprint density at radius 1 is 1.56 bits per heavy atom. The Morgan fingerprint density at radius 3 is 2.83 bits per heavy atom. The summed E-state index contributed by atoms with van der Waals surface area (Å²) in [6.07, 6.45) is 1.86. The molecule has 0 aliphatic carbocycles. The van der Waals surface area contributed by atoms with Crippen molar-refractivity contribution >= 4 is 21.4 Å². The predicted molar refractivity (Wildman–Crippen MR) is 67.9 cm³/mol. The van der Waals surface area contributed by atoms with Gasteiger partial charge in [-0.2, -0.15) is 0 Å². The summed E-state index contributed by atoms with van der Waals surface area (Å²) in [4.78, 5) is 15.9. The van der Waals surface area contributed by atoms with Crippen LogP contribution in [0.5, 0.6) is 0 Å². The molecular weight excluding hydrogens is 254 g/mol. The zero-order valence-corrected chi connectivity index (χ0v) is 10.8. The van der Waals surface area contributed by atoms with Gasteiger partial charge in [0.25, 0.3) is 5.91 Å². The number of aromatic nitrogens is 1. The molecular formula is C11H15N3O3S. The van der Waals surface area contributed by atoms with Crippen LogP contribution in [0.2, 0.25) is 0 Å². The van der Waals surface area contributed by atoms with E-state index in [0.717, 1.165) is 5.69 Å². The largest absolute Gasteiger partial charge is 0.398 e. The second-order valence-corrected chi connectivity index (χ2v) is 6.72. The van der Waals surface area contributed by atoms with Crippen LogP contribution < -0.4 is 11.1 Å². The molecule has 1 amide bonds. The summed E-state index contributed by atoms with van der Waals surface area (Å²) in [5, 5.41) is 2.67. The lowest BCUT2D eigenvalue weighted by Gasteiger charge is -2.12. The summed E-state index contributed by atoms with van der Waals surface area (Å²) in [6, 6.07) is 1.28. The number of carbonyl (C=O) groups excluding carboxylic acids is 1. The van der Waals surface area contributed by atoms with Gasteiger partial charge in [-0.25, -0.2) is 8.42 Å². The first kappa shape index (κ1) is 12.8. The van der Waals surface area contributed by atoms with E-state index in [1.807, 2.05) is 0 Å². The maximum atomic E-state index is 11.9. The molecule has 98 valence electrons. The summed E-state index contributed by atoms with van der Waals surface area (Å²) < 4.78 is 22.6. The fraction of sp³-hybridized carbons (Fsp3) is 0.455. The molecule has 2 rings (SSSR count). The first-order valence-corrected chi connectivity index (χ1v) is 7.43. The maximum absolute atomic E-state index is 11.9. The molecule has 7 heteroatoms. The smallest absolute Gasteiger partial charge is 0.255 e. The molecule has 0 radical (unpaired) electrons. The molecule has 1 saturated heterocycles. The molecule has 0 saturated carbocycles. The normalized spacial score (nSPS) is 21.7. The van der Waals surface area contributed by atoms with Crippen LogP contribution in [0.4, 0.5) is 5.69 Å². The third kappa shape index (κ3) is 2.79. The first-order valence-electron chi connectivity index (χ1n) is 5.61. The average Bonchev–Trinajstić information content (AvgIpc) is 2.57. The number of anilines is 1. The van der Waals surface area contributed by atoms with Gasteiger partial charge in [-0.1, -0.05) is 0 Å². The SMILES string of the molecule is Cc1cc(N)c(C(=O)NC2CCS(=O)(=O)C2)cn1. The van der Waals surface area contributed by atoms with E-state index in [9.17, 15) is 13.2 Å². The molecule has 18 heavy (non-hydrogen) atoms. The number of nitrogen functional groups attached to an aromatic ring is 1. The standard InChI is InChI=1S/C11H15N3O3S/c1-7-4-10(12)9(5-13-7)11(15)14-8-2-3-18(16,17)6-8/h4-5,8H,2-3,6H2,1H3,(H2,12,13)(H,14,15). The molecule has 1 unspecified atom stereocenters. The molecule has 1 aromatic rings. The number of rotatable bonds is 2. The van der Waals surface area contributed by atoms with Gasteiger partial charge in [-0.05, 0) is 19.4 Å². The Balaban J connectivity index is 2.09.